The number of aliphatic hydroxyl groups excluding tert-OH is 2. The largest absolute Gasteiger partial charge is 0.393 e. The fraction of sp³-hybridized carbons (Fsp3) is 0.840. The van der Waals surface area contributed by atoms with Crippen LogP contribution in [0.4, 0.5) is 0 Å². The second-order valence-corrected chi connectivity index (χ2v) is 10.7. The fourth-order valence-corrected chi connectivity index (χ4v) is 8.07. The average Bonchev–Trinajstić information content (AvgIpc) is 3.00. The topological polar surface area (TPSA) is 93.1 Å². The summed E-state index contributed by atoms with van der Waals surface area (Å²) in [6, 6.07) is 0. The van der Waals surface area contributed by atoms with Gasteiger partial charge >= 0.3 is 0 Å². The highest BCUT2D eigenvalue weighted by molar-refractivity contribution is 5.92. The zero-order chi connectivity index (χ0) is 22.6. The van der Waals surface area contributed by atoms with E-state index >= 15 is 0 Å². The van der Waals surface area contributed by atoms with E-state index in [9.17, 15) is 19.8 Å². The molecule has 0 amide bonds. The van der Waals surface area contributed by atoms with Crippen LogP contribution in [0.3, 0.4) is 0 Å². The van der Waals surface area contributed by atoms with Gasteiger partial charge in [0.1, 0.15) is 12.2 Å². The number of carbonyl (C=O) groups excluding carboxylic acids is 2. The van der Waals surface area contributed by atoms with Crippen LogP contribution in [0.25, 0.3) is 0 Å². The van der Waals surface area contributed by atoms with E-state index in [0.29, 0.717) is 25.9 Å². The number of aliphatic hydroxyl groups is 2. The van der Waals surface area contributed by atoms with Crippen molar-refractivity contribution in [3.63, 3.8) is 0 Å². The lowest BCUT2D eigenvalue weighted by Gasteiger charge is -2.61. The van der Waals surface area contributed by atoms with E-state index in [4.69, 9.17) is 9.47 Å². The molecule has 0 bridgehead atoms. The van der Waals surface area contributed by atoms with Gasteiger partial charge in [-0.25, -0.2) is 0 Å². The summed E-state index contributed by atoms with van der Waals surface area (Å²) in [4.78, 5) is 25.2. The summed E-state index contributed by atoms with van der Waals surface area (Å²) in [5, 5.41) is 21.4. The minimum absolute atomic E-state index is 0.0861. The quantitative estimate of drug-likeness (QED) is 0.624. The number of carbonyl (C=O) groups is 2. The number of rotatable bonds is 6. The van der Waals surface area contributed by atoms with Crippen LogP contribution in [-0.4, -0.2) is 53.0 Å². The highest BCUT2D eigenvalue weighted by atomic mass is 16.7. The Kier molecular flexibility index (Phi) is 6.00. The molecule has 0 aliphatic heterocycles. The molecule has 4 aliphatic rings. The van der Waals surface area contributed by atoms with Crippen LogP contribution < -0.4 is 0 Å². The zero-order valence-electron chi connectivity index (χ0n) is 19.4. The molecular weight excluding hydrogens is 396 g/mol. The van der Waals surface area contributed by atoms with Gasteiger partial charge in [0.05, 0.1) is 6.10 Å². The molecule has 3 fully saturated rings. The minimum Gasteiger partial charge on any atom is -0.393 e. The summed E-state index contributed by atoms with van der Waals surface area (Å²) in [5.41, 5.74) is -0.680. The van der Waals surface area contributed by atoms with E-state index in [-0.39, 0.29) is 34.7 Å². The first-order valence-electron chi connectivity index (χ1n) is 12.0. The third-order valence-corrected chi connectivity index (χ3v) is 9.38. The molecule has 4 aliphatic carbocycles. The average molecular weight is 435 g/mol. The van der Waals surface area contributed by atoms with Crippen molar-refractivity contribution >= 4 is 11.6 Å². The number of hydrogen-bond donors (Lipinski definition) is 2. The molecule has 0 heterocycles. The third-order valence-electron chi connectivity index (χ3n) is 9.38. The monoisotopic (exact) mass is 434 g/mol. The Balaban J connectivity index is 1.72. The van der Waals surface area contributed by atoms with Gasteiger partial charge in [-0.1, -0.05) is 19.4 Å². The lowest BCUT2D eigenvalue weighted by molar-refractivity contribution is -0.247. The van der Waals surface area contributed by atoms with E-state index in [1.165, 1.54) is 5.57 Å². The molecule has 2 N–H and O–H groups in total. The third kappa shape index (κ3) is 3.28. The Hall–Kier alpha value is -1.08. The van der Waals surface area contributed by atoms with Crippen LogP contribution in [0.1, 0.15) is 72.6 Å². The fourth-order valence-electron chi connectivity index (χ4n) is 8.07. The highest BCUT2D eigenvalue weighted by Crippen LogP contribution is 2.68. The normalized spacial score (nSPS) is 45.4. The number of ketones is 2. The molecule has 6 heteroatoms. The molecule has 0 aromatic carbocycles. The van der Waals surface area contributed by atoms with Gasteiger partial charge in [-0.2, -0.15) is 0 Å². The molecule has 0 saturated heterocycles. The molecule has 1 unspecified atom stereocenters. The van der Waals surface area contributed by atoms with E-state index in [1.807, 2.05) is 13.0 Å². The smallest absolute Gasteiger partial charge is 0.190 e. The van der Waals surface area contributed by atoms with E-state index < -0.39 is 30.0 Å². The Bertz CT molecular complexity index is 776. The first kappa shape index (κ1) is 23.1. The predicted octanol–water partition coefficient (Wildman–Crippen LogP) is 3.19. The lowest BCUT2D eigenvalue weighted by atomic mass is 9.45. The van der Waals surface area contributed by atoms with Crippen molar-refractivity contribution in [1.82, 2.24) is 0 Å². The van der Waals surface area contributed by atoms with Crippen molar-refractivity contribution in [3.05, 3.63) is 11.6 Å². The molecule has 0 aromatic rings. The van der Waals surface area contributed by atoms with Crippen LogP contribution in [-0.2, 0) is 19.1 Å². The van der Waals surface area contributed by atoms with Gasteiger partial charge in [0, 0.05) is 18.4 Å². The number of hydrogen-bond acceptors (Lipinski definition) is 6. The SMILES string of the molecule is CCOC(C)O[C@]1(C(=O)CO)CC[C@H]2[C@@H]3CCC4=CC(=O)CC[C@]4(C)[C@H]3[C@@H](O)C[C@@]21C. The van der Waals surface area contributed by atoms with Crippen LogP contribution in [0.2, 0.25) is 0 Å². The van der Waals surface area contributed by atoms with Crippen molar-refractivity contribution in [2.24, 2.45) is 28.6 Å². The van der Waals surface area contributed by atoms with E-state index in [0.717, 1.165) is 25.7 Å². The maximum absolute atomic E-state index is 13.2. The number of ether oxygens (including phenoxy) is 2. The molecule has 6 nitrogen and oxygen atoms in total. The van der Waals surface area contributed by atoms with Crippen LogP contribution in [0.15, 0.2) is 11.6 Å². The van der Waals surface area contributed by atoms with Crippen molar-refractivity contribution in [2.75, 3.05) is 13.2 Å². The number of allylic oxidation sites excluding steroid dienone is 1. The first-order valence-corrected chi connectivity index (χ1v) is 12.0. The Labute approximate surface area is 185 Å². The van der Waals surface area contributed by atoms with Gasteiger partial charge in [0.15, 0.2) is 17.9 Å². The van der Waals surface area contributed by atoms with Gasteiger partial charge < -0.3 is 19.7 Å². The van der Waals surface area contributed by atoms with Gasteiger partial charge in [0.25, 0.3) is 0 Å². The molecule has 0 aromatic heterocycles. The predicted molar refractivity (Wildman–Crippen MR) is 115 cm³/mol. The Morgan fingerprint density at radius 3 is 2.68 bits per heavy atom. The molecular formula is C25H38O6. The van der Waals surface area contributed by atoms with Gasteiger partial charge in [0.2, 0.25) is 0 Å². The number of Topliss-reactive ketones (excluding diaryl/α,β-unsaturated/α-hetero) is 1. The van der Waals surface area contributed by atoms with Crippen molar-refractivity contribution in [1.29, 1.82) is 0 Å². The van der Waals surface area contributed by atoms with Crippen molar-refractivity contribution < 1.29 is 29.3 Å². The van der Waals surface area contributed by atoms with Crippen molar-refractivity contribution in [3.8, 4) is 0 Å². The molecule has 8 atom stereocenters. The van der Waals surface area contributed by atoms with Crippen molar-refractivity contribution in [2.45, 2.75) is 90.6 Å². The summed E-state index contributed by atoms with van der Waals surface area (Å²) in [6.45, 7) is 7.89. The van der Waals surface area contributed by atoms with Crippen LogP contribution >= 0.6 is 0 Å². The second kappa shape index (κ2) is 8.05. The highest BCUT2D eigenvalue weighted by Gasteiger charge is 2.69. The molecule has 174 valence electrons. The maximum atomic E-state index is 13.2. The lowest BCUT2D eigenvalue weighted by Crippen LogP contribution is -2.63. The zero-order valence-corrected chi connectivity index (χ0v) is 19.4. The maximum Gasteiger partial charge on any atom is 0.190 e. The summed E-state index contributed by atoms with van der Waals surface area (Å²) in [5.74, 6) is 0.473. The summed E-state index contributed by atoms with van der Waals surface area (Å²) in [6.07, 6.45) is 5.65. The van der Waals surface area contributed by atoms with Gasteiger partial charge in [-0.3, -0.25) is 9.59 Å². The summed E-state index contributed by atoms with van der Waals surface area (Å²) >= 11 is 0. The second-order valence-electron chi connectivity index (χ2n) is 10.7. The number of fused-ring (bicyclic) bond motifs is 5. The van der Waals surface area contributed by atoms with E-state index in [1.54, 1.807) is 6.92 Å². The van der Waals surface area contributed by atoms with Crippen LogP contribution in [0.5, 0.6) is 0 Å². The summed E-state index contributed by atoms with van der Waals surface area (Å²) in [7, 11) is 0. The van der Waals surface area contributed by atoms with Gasteiger partial charge in [-0.15, -0.1) is 0 Å². The molecule has 0 spiro atoms. The molecule has 0 radical (unpaired) electrons. The first-order chi connectivity index (χ1) is 14.6. The Morgan fingerprint density at radius 2 is 2.00 bits per heavy atom. The van der Waals surface area contributed by atoms with Crippen LogP contribution in [0, 0.1) is 28.6 Å². The minimum atomic E-state index is -1.15. The van der Waals surface area contributed by atoms with Gasteiger partial charge in [-0.05, 0) is 81.6 Å². The molecule has 3 saturated carbocycles. The van der Waals surface area contributed by atoms with E-state index in [2.05, 4.69) is 13.8 Å². The summed E-state index contributed by atoms with van der Waals surface area (Å²) < 4.78 is 12.0. The standard InChI is InChI=1S/C25H38O6/c1-5-30-15(2)31-25(21(29)14-26)11-9-19-18-7-6-16-12-17(27)8-10-23(16,3)22(18)20(28)13-24(19,25)4/h12,15,18-20,22,26,28H,5-11,13-14H2,1-4H3/t15?,18-,19-,20-,22+,23-,24-,25-/m0/s1. The molecule has 31 heavy (non-hydrogen) atoms. The Morgan fingerprint density at radius 1 is 1.26 bits per heavy atom. The molecule has 4 rings (SSSR count).